The number of halogens is 1. The largest absolute Gasteiger partial charge is 0.497 e. The first-order valence-corrected chi connectivity index (χ1v) is 9.93. The molecule has 0 unspecified atom stereocenters. The molecule has 4 aromatic rings. The molecule has 0 saturated carbocycles. The Labute approximate surface area is 184 Å². The highest BCUT2D eigenvalue weighted by Crippen LogP contribution is 2.30. The molecule has 0 radical (unpaired) electrons. The van der Waals surface area contributed by atoms with Crippen LogP contribution in [0.15, 0.2) is 66.9 Å². The number of pyridine rings is 1. The van der Waals surface area contributed by atoms with Crippen molar-refractivity contribution in [3.05, 3.63) is 94.3 Å². The summed E-state index contributed by atoms with van der Waals surface area (Å²) < 4.78 is 6.79. The van der Waals surface area contributed by atoms with Crippen molar-refractivity contribution in [2.45, 2.75) is 6.92 Å². The number of nitrogens with zero attached hydrogens (tertiary/aromatic N) is 1. The molecule has 156 valence electrons. The Morgan fingerprint density at radius 2 is 1.81 bits per heavy atom. The third-order valence-electron chi connectivity index (χ3n) is 5.11. The summed E-state index contributed by atoms with van der Waals surface area (Å²) >= 11 is 6.17. The standard InChI is InChI=1S/C24H20ClN3O3/c1-14-6-9-16(13-18(14)25)27-24(30)20-19-5-3-4-12-28(19)22(21(20)26)23(29)15-7-10-17(31-2)11-8-15/h3-13H,26H2,1-2H3,(H,27,30). The van der Waals surface area contributed by atoms with Crippen molar-refractivity contribution in [3.8, 4) is 5.75 Å². The number of aromatic nitrogens is 1. The van der Waals surface area contributed by atoms with Crippen LogP contribution in [0.1, 0.15) is 32.0 Å². The normalized spacial score (nSPS) is 10.8. The van der Waals surface area contributed by atoms with Gasteiger partial charge in [0, 0.05) is 22.5 Å². The van der Waals surface area contributed by atoms with E-state index in [1.807, 2.05) is 13.0 Å². The zero-order chi connectivity index (χ0) is 22.1. The summed E-state index contributed by atoms with van der Waals surface area (Å²) in [4.78, 5) is 26.4. The van der Waals surface area contributed by atoms with Gasteiger partial charge in [0.2, 0.25) is 5.78 Å². The number of ether oxygens (including phenoxy) is 1. The van der Waals surface area contributed by atoms with Gasteiger partial charge in [0.05, 0.1) is 23.9 Å². The molecule has 31 heavy (non-hydrogen) atoms. The van der Waals surface area contributed by atoms with Crippen molar-refractivity contribution < 1.29 is 14.3 Å². The van der Waals surface area contributed by atoms with E-state index in [1.165, 1.54) is 0 Å². The van der Waals surface area contributed by atoms with Gasteiger partial charge in [-0.05, 0) is 61.0 Å². The van der Waals surface area contributed by atoms with Gasteiger partial charge in [0.25, 0.3) is 5.91 Å². The predicted octanol–water partition coefficient (Wildman–Crippen LogP) is 4.98. The number of methoxy groups -OCH3 is 1. The summed E-state index contributed by atoms with van der Waals surface area (Å²) in [6.07, 6.45) is 1.71. The van der Waals surface area contributed by atoms with Gasteiger partial charge >= 0.3 is 0 Å². The highest BCUT2D eigenvalue weighted by Gasteiger charge is 2.26. The molecule has 0 aliphatic carbocycles. The second-order valence-corrected chi connectivity index (χ2v) is 7.48. The summed E-state index contributed by atoms with van der Waals surface area (Å²) in [5.41, 5.74) is 9.36. The number of hydrogen-bond acceptors (Lipinski definition) is 4. The number of carbonyl (C=O) groups excluding carboxylic acids is 2. The van der Waals surface area contributed by atoms with Gasteiger partial charge in [0.1, 0.15) is 11.4 Å². The predicted molar refractivity (Wildman–Crippen MR) is 122 cm³/mol. The number of fused-ring (bicyclic) bond motifs is 1. The topological polar surface area (TPSA) is 85.8 Å². The quantitative estimate of drug-likeness (QED) is 0.435. The SMILES string of the molecule is COc1ccc(C(=O)c2c(N)c(C(=O)Nc3ccc(C)c(Cl)c3)c3ccccn23)cc1. The van der Waals surface area contributed by atoms with Crippen molar-refractivity contribution in [2.75, 3.05) is 18.2 Å². The molecule has 2 aromatic heterocycles. The van der Waals surface area contributed by atoms with E-state index >= 15 is 0 Å². The lowest BCUT2D eigenvalue weighted by Gasteiger charge is -2.07. The average molecular weight is 434 g/mol. The number of rotatable bonds is 5. The number of ketones is 1. The first-order valence-electron chi connectivity index (χ1n) is 9.55. The van der Waals surface area contributed by atoms with Gasteiger partial charge in [-0.15, -0.1) is 0 Å². The summed E-state index contributed by atoms with van der Waals surface area (Å²) in [6.45, 7) is 1.88. The van der Waals surface area contributed by atoms with Crippen molar-refractivity contribution in [3.63, 3.8) is 0 Å². The zero-order valence-corrected chi connectivity index (χ0v) is 17.7. The molecule has 2 aromatic carbocycles. The molecule has 3 N–H and O–H groups in total. The molecule has 0 bridgehead atoms. The molecule has 0 atom stereocenters. The molecule has 0 spiro atoms. The van der Waals surface area contributed by atoms with E-state index in [1.54, 1.807) is 72.3 Å². The van der Waals surface area contributed by atoms with Crippen LogP contribution < -0.4 is 15.8 Å². The maximum atomic E-state index is 13.3. The molecule has 6 nitrogen and oxygen atoms in total. The van der Waals surface area contributed by atoms with Crippen LogP contribution in [0.3, 0.4) is 0 Å². The van der Waals surface area contributed by atoms with E-state index in [-0.39, 0.29) is 22.7 Å². The Morgan fingerprint density at radius 1 is 1.06 bits per heavy atom. The number of anilines is 2. The number of amides is 1. The fraction of sp³-hybridized carbons (Fsp3) is 0.0833. The second-order valence-electron chi connectivity index (χ2n) is 7.07. The minimum atomic E-state index is -0.421. The number of hydrogen-bond donors (Lipinski definition) is 2. The molecule has 4 rings (SSSR count). The van der Waals surface area contributed by atoms with E-state index in [4.69, 9.17) is 22.1 Å². The van der Waals surface area contributed by atoms with Crippen molar-refractivity contribution in [2.24, 2.45) is 0 Å². The van der Waals surface area contributed by atoms with Gasteiger partial charge in [-0.1, -0.05) is 23.7 Å². The molecule has 7 heteroatoms. The van der Waals surface area contributed by atoms with Gasteiger partial charge in [0.15, 0.2) is 0 Å². The Kier molecular flexibility index (Phi) is 5.40. The van der Waals surface area contributed by atoms with E-state index in [0.717, 1.165) is 5.56 Å². The first kappa shape index (κ1) is 20.5. The van der Waals surface area contributed by atoms with Gasteiger partial charge in [-0.2, -0.15) is 0 Å². The smallest absolute Gasteiger partial charge is 0.259 e. The van der Waals surface area contributed by atoms with Crippen LogP contribution in [-0.2, 0) is 0 Å². The first-order chi connectivity index (χ1) is 14.9. The van der Waals surface area contributed by atoms with Crippen LogP contribution in [0.4, 0.5) is 11.4 Å². The molecule has 2 heterocycles. The highest BCUT2D eigenvalue weighted by molar-refractivity contribution is 6.31. The lowest BCUT2D eigenvalue weighted by molar-refractivity contribution is 0.102. The molecule has 0 saturated heterocycles. The van der Waals surface area contributed by atoms with Crippen molar-refractivity contribution >= 4 is 40.2 Å². The fourth-order valence-electron chi connectivity index (χ4n) is 3.44. The van der Waals surface area contributed by atoms with E-state index in [9.17, 15) is 9.59 Å². The third-order valence-corrected chi connectivity index (χ3v) is 5.51. The zero-order valence-electron chi connectivity index (χ0n) is 17.0. The van der Waals surface area contributed by atoms with Crippen molar-refractivity contribution in [1.29, 1.82) is 0 Å². The van der Waals surface area contributed by atoms with Crippen LogP contribution in [0.25, 0.3) is 5.52 Å². The van der Waals surface area contributed by atoms with E-state index in [2.05, 4.69) is 5.32 Å². The fourth-order valence-corrected chi connectivity index (χ4v) is 3.62. The molecular weight excluding hydrogens is 414 g/mol. The van der Waals surface area contributed by atoms with Crippen LogP contribution in [-0.4, -0.2) is 23.2 Å². The highest BCUT2D eigenvalue weighted by atomic mass is 35.5. The van der Waals surface area contributed by atoms with Crippen LogP contribution in [0, 0.1) is 6.92 Å². The number of nitrogens with two attached hydrogens (primary N) is 1. The Hall–Kier alpha value is -3.77. The Morgan fingerprint density at radius 3 is 2.48 bits per heavy atom. The number of aryl methyl sites for hydroxylation is 1. The van der Waals surface area contributed by atoms with Crippen LogP contribution in [0.2, 0.25) is 5.02 Å². The molecule has 0 aliphatic rings. The van der Waals surface area contributed by atoms with E-state index < -0.39 is 5.91 Å². The van der Waals surface area contributed by atoms with E-state index in [0.29, 0.717) is 27.5 Å². The molecule has 0 aliphatic heterocycles. The molecular formula is C24H20ClN3O3. The van der Waals surface area contributed by atoms with Crippen molar-refractivity contribution in [1.82, 2.24) is 4.40 Å². The third kappa shape index (κ3) is 3.73. The van der Waals surface area contributed by atoms with Gasteiger partial charge < -0.3 is 20.2 Å². The second kappa shape index (κ2) is 8.16. The lowest BCUT2D eigenvalue weighted by Crippen LogP contribution is -2.14. The summed E-state index contributed by atoms with van der Waals surface area (Å²) in [7, 11) is 1.56. The number of nitrogen functional groups attached to an aromatic ring is 1. The van der Waals surface area contributed by atoms with Crippen LogP contribution in [0.5, 0.6) is 5.75 Å². The molecule has 0 fully saturated rings. The number of benzene rings is 2. The number of carbonyl (C=O) groups is 2. The summed E-state index contributed by atoms with van der Waals surface area (Å²) in [6, 6.07) is 17.3. The Balaban J connectivity index is 1.78. The number of nitrogens with one attached hydrogen (secondary N) is 1. The summed E-state index contributed by atoms with van der Waals surface area (Å²) in [5.74, 6) is -0.0740. The van der Waals surface area contributed by atoms with Crippen LogP contribution >= 0.6 is 11.6 Å². The molecule has 1 amide bonds. The minimum Gasteiger partial charge on any atom is -0.497 e. The summed E-state index contributed by atoms with van der Waals surface area (Å²) in [5, 5.41) is 3.37. The Bertz CT molecular complexity index is 1310. The maximum Gasteiger partial charge on any atom is 0.259 e. The maximum absolute atomic E-state index is 13.3. The lowest BCUT2D eigenvalue weighted by atomic mass is 10.1. The monoisotopic (exact) mass is 433 g/mol. The minimum absolute atomic E-state index is 0.114. The van der Waals surface area contributed by atoms with Gasteiger partial charge in [-0.25, -0.2) is 0 Å². The van der Waals surface area contributed by atoms with Gasteiger partial charge in [-0.3, -0.25) is 9.59 Å². The average Bonchev–Trinajstić information content (AvgIpc) is 3.07.